The van der Waals surface area contributed by atoms with Crippen molar-refractivity contribution in [2.45, 2.75) is 5.38 Å². The number of rotatable bonds is 2. The highest BCUT2D eigenvalue weighted by molar-refractivity contribution is 6.68. The van der Waals surface area contributed by atoms with E-state index in [1.165, 1.54) is 24.3 Å². The minimum absolute atomic E-state index is 0.371. The first kappa shape index (κ1) is 9.49. The number of carbonyl (C=O) groups excluding carboxylic acids is 1. The molecule has 0 bridgehead atoms. The summed E-state index contributed by atoms with van der Waals surface area (Å²) in [4.78, 5) is 10.6. The Morgan fingerprint density at radius 1 is 1.33 bits per heavy atom. The van der Waals surface area contributed by atoms with Gasteiger partial charge in [-0.25, -0.2) is 4.39 Å². The van der Waals surface area contributed by atoms with Crippen LogP contribution in [0.2, 0.25) is 0 Å². The van der Waals surface area contributed by atoms with Crippen LogP contribution in [0.1, 0.15) is 10.9 Å². The topological polar surface area (TPSA) is 17.1 Å². The Kier molecular flexibility index (Phi) is 3.06. The van der Waals surface area contributed by atoms with Gasteiger partial charge in [0.15, 0.2) is 0 Å². The normalized spacial score (nSPS) is 12.6. The summed E-state index contributed by atoms with van der Waals surface area (Å²) in [6.45, 7) is 0. The van der Waals surface area contributed by atoms with Crippen molar-refractivity contribution in [3.63, 3.8) is 0 Å². The minimum atomic E-state index is -0.896. The van der Waals surface area contributed by atoms with Crippen LogP contribution in [0.15, 0.2) is 24.3 Å². The number of hydrogen-bond donors (Lipinski definition) is 0. The molecule has 0 heterocycles. The van der Waals surface area contributed by atoms with E-state index in [9.17, 15) is 9.18 Å². The van der Waals surface area contributed by atoms with Gasteiger partial charge in [-0.3, -0.25) is 4.79 Å². The molecule has 1 rings (SSSR count). The highest BCUT2D eigenvalue weighted by Crippen LogP contribution is 2.22. The fourth-order valence-electron chi connectivity index (χ4n) is 0.763. The van der Waals surface area contributed by atoms with Gasteiger partial charge in [0.25, 0.3) is 0 Å². The van der Waals surface area contributed by atoms with Gasteiger partial charge in [-0.2, -0.15) is 0 Å². The molecule has 0 N–H and O–H groups in total. The molecule has 12 heavy (non-hydrogen) atoms. The maximum Gasteiger partial charge on any atom is 0.244 e. The molecular formula is C8H5Cl2FO. The zero-order valence-corrected chi connectivity index (χ0v) is 7.44. The summed E-state index contributed by atoms with van der Waals surface area (Å²) < 4.78 is 12.4. The van der Waals surface area contributed by atoms with Crippen LogP contribution < -0.4 is 0 Å². The number of carbonyl (C=O) groups is 1. The first-order chi connectivity index (χ1) is 5.61. The summed E-state index contributed by atoms with van der Waals surface area (Å²) in [5.41, 5.74) is 0.498. The second-order valence-corrected chi connectivity index (χ2v) is 3.03. The zero-order chi connectivity index (χ0) is 9.14. The van der Waals surface area contributed by atoms with Crippen LogP contribution in [0.3, 0.4) is 0 Å². The molecule has 0 aliphatic heterocycles. The Morgan fingerprint density at radius 3 is 2.25 bits per heavy atom. The second-order valence-electron chi connectivity index (χ2n) is 2.22. The quantitative estimate of drug-likeness (QED) is 0.538. The maximum absolute atomic E-state index is 12.4. The van der Waals surface area contributed by atoms with Crippen molar-refractivity contribution < 1.29 is 9.18 Å². The van der Waals surface area contributed by atoms with Crippen molar-refractivity contribution in [3.8, 4) is 0 Å². The molecule has 0 saturated carbocycles. The van der Waals surface area contributed by atoms with E-state index in [1.807, 2.05) is 0 Å². The van der Waals surface area contributed by atoms with Crippen LogP contribution in [0, 0.1) is 5.82 Å². The predicted molar refractivity (Wildman–Crippen MR) is 45.9 cm³/mol. The third kappa shape index (κ3) is 2.19. The third-order valence-electron chi connectivity index (χ3n) is 1.36. The largest absolute Gasteiger partial charge is 0.279 e. The lowest BCUT2D eigenvalue weighted by atomic mass is 10.1. The molecule has 64 valence electrons. The van der Waals surface area contributed by atoms with Gasteiger partial charge < -0.3 is 0 Å². The Hall–Kier alpha value is -0.600. The molecule has 0 fully saturated rings. The molecule has 0 saturated heterocycles. The molecule has 0 aliphatic rings. The van der Waals surface area contributed by atoms with E-state index in [-0.39, 0.29) is 5.82 Å². The molecule has 4 heteroatoms. The highest BCUT2D eigenvalue weighted by Gasteiger charge is 2.14. The molecular weight excluding hydrogens is 202 g/mol. The average molecular weight is 207 g/mol. The van der Waals surface area contributed by atoms with Gasteiger partial charge in [0.05, 0.1) is 0 Å². The summed E-state index contributed by atoms with van der Waals surface area (Å²) in [6, 6.07) is 5.30. The number of hydrogen-bond acceptors (Lipinski definition) is 1. The Bertz CT molecular complexity index is 284. The van der Waals surface area contributed by atoms with Crippen LogP contribution in [0.4, 0.5) is 4.39 Å². The molecule has 0 amide bonds. The van der Waals surface area contributed by atoms with Crippen molar-refractivity contribution in [3.05, 3.63) is 35.6 Å². The van der Waals surface area contributed by atoms with E-state index in [0.29, 0.717) is 5.56 Å². The first-order valence-corrected chi connectivity index (χ1v) is 4.01. The zero-order valence-electron chi connectivity index (χ0n) is 5.93. The van der Waals surface area contributed by atoms with Gasteiger partial charge in [0.1, 0.15) is 11.2 Å². The smallest absolute Gasteiger partial charge is 0.244 e. The SMILES string of the molecule is O=C(Cl)[C@@H](Cl)c1ccc(F)cc1. The fraction of sp³-hybridized carbons (Fsp3) is 0.125. The van der Waals surface area contributed by atoms with Gasteiger partial charge in [-0.1, -0.05) is 12.1 Å². The van der Waals surface area contributed by atoms with Gasteiger partial charge in [0.2, 0.25) is 5.24 Å². The van der Waals surface area contributed by atoms with E-state index in [2.05, 4.69) is 0 Å². The third-order valence-corrected chi connectivity index (χ3v) is 2.14. The van der Waals surface area contributed by atoms with E-state index in [4.69, 9.17) is 23.2 Å². The molecule has 0 spiro atoms. The van der Waals surface area contributed by atoms with E-state index in [1.54, 1.807) is 0 Å². The lowest BCUT2D eigenvalue weighted by Gasteiger charge is -2.02. The molecule has 1 aromatic carbocycles. The lowest BCUT2D eigenvalue weighted by Crippen LogP contribution is -1.98. The van der Waals surface area contributed by atoms with Gasteiger partial charge in [-0.15, -0.1) is 11.6 Å². The molecule has 1 atom stereocenters. The average Bonchev–Trinajstić information content (AvgIpc) is 2.04. The van der Waals surface area contributed by atoms with Crippen LogP contribution in [-0.4, -0.2) is 5.24 Å². The summed E-state index contributed by atoms with van der Waals surface area (Å²) in [6.07, 6.45) is 0. The number of benzene rings is 1. The van der Waals surface area contributed by atoms with Gasteiger partial charge in [0, 0.05) is 0 Å². The van der Waals surface area contributed by atoms with Crippen molar-refractivity contribution in [2.75, 3.05) is 0 Å². The van der Waals surface area contributed by atoms with Crippen molar-refractivity contribution >= 4 is 28.4 Å². The second kappa shape index (κ2) is 3.87. The number of alkyl halides is 1. The van der Waals surface area contributed by atoms with Crippen LogP contribution >= 0.6 is 23.2 Å². The standard InChI is InChI=1S/C8H5Cl2FO/c9-7(8(10)12)5-1-3-6(11)4-2-5/h1-4,7H/t7-/m0/s1. The predicted octanol–water partition coefficient (Wildman–Crippen LogP) is 2.87. The summed E-state index contributed by atoms with van der Waals surface area (Å²) in [7, 11) is 0. The van der Waals surface area contributed by atoms with Gasteiger partial charge >= 0.3 is 0 Å². The Balaban J connectivity index is 2.89. The monoisotopic (exact) mass is 206 g/mol. The summed E-state index contributed by atoms with van der Waals surface area (Å²) >= 11 is 10.7. The Morgan fingerprint density at radius 2 is 1.83 bits per heavy atom. The van der Waals surface area contributed by atoms with Crippen molar-refractivity contribution in [2.24, 2.45) is 0 Å². The number of halogens is 3. The molecule has 0 radical (unpaired) electrons. The van der Waals surface area contributed by atoms with Crippen LogP contribution in [-0.2, 0) is 4.79 Å². The molecule has 1 aromatic rings. The van der Waals surface area contributed by atoms with Crippen LogP contribution in [0.25, 0.3) is 0 Å². The summed E-state index contributed by atoms with van der Waals surface area (Å²) in [5.74, 6) is -0.371. The molecule has 0 aliphatic carbocycles. The van der Waals surface area contributed by atoms with E-state index in [0.717, 1.165) is 0 Å². The maximum atomic E-state index is 12.4. The first-order valence-electron chi connectivity index (χ1n) is 3.20. The Labute approximate surface area is 79.1 Å². The van der Waals surface area contributed by atoms with Crippen LogP contribution in [0.5, 0.6) is 0 Å². The minimum Gasteiger partial charge on any atom is -0.279 e. The van der Waals surface area contributed by atoms with E-state index < -0.39 is 10.6 Å². The fourth-order valence-corrected chi connectivity index (χ4v) is 1.03. The van der Waals surface area contributed by atoms with Gasteiger partial charge in [-0.05, 0) is 29.3 Å². The summed E-state index contributed by atoms with van der Waals surface area (Å²) in [5, 5.41) is -1.56. The highest BCUT2D eigenvalue weighted by atomic mass is 35.5. The van der Waals surface area contributed by atoms with E-state index >= 15 is 0 Å². The molecule has 1 nitrogen and oxygen atoms in total. The molecule has 0 unspecified atom stereocenters. The lowest BCUT2D eigenvalue weighted by molar-refractivity contribution is -0.111. The van der Waals surface area contributed by atoms with Crippen molar-refractivity contribution in [1.82, 2.24) is 0 Å². The molecule has 0 aromatic heterocycles. The van der Waals surface area contributed by atoms with Crippen molar-refractivity contribution in [1.29, 1.82) is 0 Å².